The maximum absolute atomic E-state index is 11.7. The van der Waals surface area contributed by atoms with Crippen LogP contribution in [0.4, 0.5) is 0 Å². The molecule has 4 heteroatoms. The first-order chi connectivity index (χ1) is 9.58. The van der Waals surface area contributed by atoms with Gasteiger partial charge in [-0.15, -0.1) is 0 Å². The van der Waals surface area contributed by atoms with Crippen LogP contribution < -0.4 is 10.3 Å². The molecule has 0 unspecified atom stereocenters. The predicted molar refractivity (Wildman–Crippen MR) is 80.0 cm³/mol. The summed E-state index contributed by atoms with van der Waals surface area (Å²) in [4.78, 5) is 19.1. The van der Waals surface area contributed by atoms with E-state index in [4.69, 9.17) is 4.74 Å². The molecule has 2 aromatic rings. The summed E-state index contributed by atoms with van der Waals surface area (Å²) in [6.45, 7) is 6.77. The first kappa shape index (κ1) is 14.3. The van der Waals surface area contributed by atoms with Crippen LogP contribution in [-0.4, -0.2) is 16.6 Å². The van der Waals surface area contributed by atoms with Crippen LogP contribution in [0.1, 0.15) is 26.5 Å². The molecule has 4 nitrogen and oxygen atoms in total. The van der Waals surface area contributed by atoms with Gasteiger partial charge in [0.2, 0.25) is 0 Å². The molecule has 0 aliphatic rings. The zero-order valence-corrected chi connectivity index (χ0v) is 12.1. The summed E-state index contributed by atoms with van der Waals surface area (Å²) in [6, 6.07) is 9.16. The van der Waals surface area contributed by atoms with E-state index in [-0.39, 0.29) is 5.56 Å². The summed E-state index contributed by atoms with van der Waals surface area (Å²) in [6.07, 6.45) is 0.794. The molecule has 0 aliphatic carbocycles. The van der Waals surface area contributed by atoms with Gasteiger partial charge in [-0.3, -0.25) is 4.79 Å². The Morgan fingerprint density at radius 3 is 2.80 bits per heavy atom. The largest absolute Gasteiger partial charge is 0.494 e. The zero-order valence-electron chi connectivity index (χ0n) is 12.1. The molecule has 1 aromatic heterocycles. The van der Waals surface area contributed by atoms with Crippen LogP contribution in [-0.2, 0) is 6.42 Å². The number of aromatic nitrogens is 2. The summed E-state index contributed by atoms with van der Waals surface area (Å²) in [5, 5.41) is 0. The van der Waals surface area contributed by atoms with Gasteiger partial charge in [-0.2, -0.15) is 0 Å². The van der Waals surface area contributed by atoms with E-state index in [1.54, 1.807) is 6.07 Å². The Morgan fingerprint density at radius 1 is 1.30 bits per heavy atom. The molecule has 2 rings (SSSR count). The van der Waals surface area contributed by atoms with Crippen LogP contribution in [0.25, 0.3) is 11.4 Å². The van der Waals surface area contributed by atoms with Crippen molar-refractivity contribution in [1.82, 2.24) is 9.97 Å². The topological polar surface area (TPSA) is 55.0 Å². The lowest BCUT2D eigenvalue weighted by molar-refractivity contribution is 0.340. The van der Waals surface area contributed by atoms with Gasteiger partial charge in [-0.05, 0) is 31.4 Å². The Labute approximate surface area is 118 Å². The van der Waals surface area contributed by atoms with Crippen molar-refractivity contribution < 1.29 is 4.74 Å². The van der Waals surface area contributed by atoms with Crippen molar-refractivity contribution in [3.63, 3.8) is 0 Å². The Bertz CT molecular complexity index is 632. The number of aromatic amines is 1. The Balaban J connectivity index is 2.39. The third-order valence-electron chi connectivity index (χ3n) is 2.83. The second kappa shape index (κ2) is 6.37. The number of nitrogens with one attached hydrogen (secondary N) is 1. The molecular weight excluding hydrogens is 252 g/mol. The van der Waals surface area contributed by atoms with E-state index < -0.39 is 0 Å². The second-order valence-corrected chi connectivity index (χ2v) is 5.14. The molecule has 1 aromatic carbocycles. The molecule has 1 heterocycles. The van der Waals surface area contributed by atoms with Gasteiger partial charge in [0, 0.05) is 17.3 Å². The molecule has 0 bridgehead atoms. The summed E-state index contributed by atoms with van der Waals surface area (Å²) in [5.74, 6) is 1.84. The van der Waals surface area contributed by atoms with E-state index in [1.165, 1.54) is 0 Å². The highest BCUT2D eigenvalue weighted by molar-refractivity contribution is 5.57. The average molecular weight is 272 g/mol. The van der Waals surface area contributed by atoms with Crippen molar-refractivity contribution >= 4 is 0 Å². The van der Waals surface area contributed by atoms with Crippen molar-refractivity contribution in [1.29, 1.82) is 0 Å². The number of hydrogen-bond acceptors (Lipinski definition) is 3. The smallest absolute Gasteiger partial charge is 0.251 e. The Kier molecular flexibility index (Phi) is 4.56. The molecule has 0 saturated carbocycles. The van der Waals surface area contributed by atoms with E-state index in [9.17, 15) is 4.79 Å². The number of ether oxygens (including phenoxy) is 1. The first-order valence-electron chi connectivity index (χ1n) is 6.92. The van der Waals surface area contributed by atoms with Gasteiger partial charge >= 0.3 is 0 Å². The molecule has 0 amide bonds. The Morgan fingerprint density at radius 2 is 2.10 bits per heavy atom. The molecule has 0 radical (unpaired) electrons. The lowest BCUT2D eigenvalue weighted by Crippen LogP contribution is -2.11. The lowest BCUT2D eigenvalue weighted by Gasteiger charge is -2.08. The zero-order chi connectivity index (χ0) is 14.5. The monoisotopic (exact) mass is 272 g/mol. The molecule has 0 saturated heterocycles. The van der Waals surface area contributed by atoms with Gasteiger partial charge in [0.15, 0.2) is 0 Å². The molecule has 0 fully saturated rings. The molecule has 0 spiro atoms. The number of nitrogens with zero attached hydrogens (tertiary/aromatic N) is 1. The summed E-state index contributed by atoms with van der Waals surface area (Å²) < 4.78 is 5.47. The molecular formula is C16H20N2O2. The van der Waals surface area contributed by atoms with Crippen LogP contribution in [0.2, 0.25) is 0 Å². The van der Waals surface area contributed by atoms with Crippen LogP contribution in [0, 0.1) is 5.92 Å². The van der Waals surface area contributed by atoms with Gasteiger partial charge in [-0.25, -0.2) is 4.98 Å². The Hall–Kier alpha value is -2.10. The molecule has 0 atom stereocenters. The van der Waals surface area contributed by atoms with Crippen molar-refractivity contribution in [3.05, 3.63) is 46.4 Å². The number of benzene rings is 1. The van der Waals surface area contributed by atoms with Gasteiger partial charge in [0.1, 0.15) is 11.6 Å². The summed E-state index contributed by atoms with van der Waals surface area (Å²) in [5.41, 5.74) is 1.56. The quantitative estimate of drug-likeness (QED) is 0.910. The van der Waals surface area contributed by atoms with Gasteiger partial charge < -0.3 is 9.72 Å². The van der Waals surface area contributed by atoms with Gasteiger partial charge in [-0.1, -0.05) is 26.0 Å². The van der Waals surface area contributed by atoms with Crippen molar-refractivity contribution in [2.24, 2.45) is 5.92 Å². The highest BCUT2D eigenvalue weighted by Gasteiger charge is 2.07. The van der Waals surface area contributed by atoms with Crippen LogP contribution >= 0.6 is 0 Å². The summed E-state index contributed by atoms with van der Waals surface area (Å²) >= 11 is 0. The maximum Gasteiger partial charge on any atom is 0.251 e. The second-order valence-electron chi connectivity index (χ2n) is 5.14. The van der Waals surface area contributed by atoms with Crippen LogP contribution in [0.15, 0.2) is 35.1 Å². The molecule has 106 valence electrons. The fourth-order valence-corrected chi connectivity index (χ4v) is 2.07. The van der Waals surface area contributed by atoms with Crippen molar-refractivity contribution in [2.75, 3.05) is 6.61 Å². The normalized spacial score (nSPS) is 10.8. The van der Waals surface area contributed by atoms with E-state index in [2.05, 4.69) is 23.8 Å². The number of rotatable bonds is 5. The van der Waals surface area contributed by atoms with Crippen LogP contribution in [0.5, 0.6) is 5.75 Å². The number of hydrogen-bond donors (Lipinski definition) is 1. The molecule has 0 aliphatic heterocycles. The minimum absolute atomic E-state index is 0.118. The highest BCUT2D eigenvalue weighted by atomic mass is 16.5. The maximum atomic E-state index is 11.7. The SMILES string of the molecule is CCOc1cccc(-c2nc(CC(C)C)cc(=O)[nH]2)c1. The van der Waals surface area contributed by atoms with E-state index in [0.717, 1.165) is 23.4 Å². The van der Waals surface area contributed by atoms with E-state index in [1.807, 2.05) is 31.2 Å². The standard InChI is InChI=1S/C16H20N2O2/c1-4-20-14-7-5-6-12(9-14)16-17-13(8-11(2)3)10-15(19)18-16/h5-7,9-11H,4,8H2,1-3H3,(H,17,18,19). The lowest BCUT2D eigenvalue weighted by atomic mass is 10.1. The summed E-state index contributed by atoms with van der Waals surface area (Å²) in [7, 11) is 0. The average Bonchev–Trinajstić information content (AvgIpc) is 2.38. The fourth-order valence-electron chi connectivity index (χ4n) is 2.07. The van der Waals surface area contributed by atoms with Crippen molar-refractivity contribution in [2.45, 2.75) is 27.2 Å². The third-order valence-corrected chi connectivity index (χ3v) is 2.83. The fraction of sp³-hybridized carbons (Fsp3) is 0.375. The third kappa shape index (κ3) is 3.70. The molecule has 1 N–H and O–H groups in total. The minimum Gasteiger partial charge on any atom is -0.494 e. The van der Waals surface area contributed by atoms with Gasteiger partial charge in [0.25, 0.3) is 5.56 Å². The number of H-pyrrole nitrogens is 1. The first-order valence-corrected chi connectivity index (χ1v) is 6.92. The minimum atomic E-state index is -0.118. The van der Waals surface area contributed by atoms with E-state index in [0.29, 0.717) is 18.3 Å². The van der Waals surface area contributed by atoms with Crippen molar-refractivity contribution in [3.8, 4) is 17.1 Å². The predicted octanol–water partition coefficient (Wildman–Crippen LogP) is 3.03. The van der Waals surface area contributed by atoms with Gasteiger partial charge in [0.05, 0.1) is 6.61 Å². The van der Waals surface area contributed by atoms with E-state index >= 15 is 0 Å². The molecule has 20 heavy (non-hydrogen) atoms. The highest BCUT2D eigenvalue weighted by Crippen LogP contribution is 2.20. The van der Waals surface area contributed by atoms with Crippen LogP contribution in [0.3, 0.4) is 0 Å².